The zero-order chi connectivity index (χ0) is 8.65. The fraction of sp³-hybridized carbons (Fsp3) is 0.800. The highest BCUT2D eigenvalue weighted by Crippen LogP contribution is 2.81. The minimum absolute atomic E-state index is 2.21. The van der Waals surface area contributed by atoms with Gasteiger partial charge in [0.1, 0.15) is 0 Å². The average molecular weight is 175 g/mol. The maximum Gasteiger partial charge on any atom is 0.280 e. The van der Waals surface area contributed by atoms with Gasteiger partial charge in [-0.05, 0) is 0 Å². The fourth-order valence-corrected chi connectivity index (χ4v) is 1.55. The van der Waals surface area contributed by atoms with Gasteiger partial charge >= 0.3 is 0 Å². The molecule has 0 heterocycles. The van der Waals surface area contributed by atoms with Gasteiger partial charge in [-0.15, -0.1) is 0 Å². The molecule has 0 unspecified atom stereocenters. The van der Waals surface area contributed by atoms with Crippen molar-refractivity contribution in [2.24, 2.45) is 5.92 Å². The summed E-state index contributed by atoms with van der Waals surface area (Å²) in [6.07, 6.45) is 0. The molecular weight excluding hydrogens is 174 g/mol. The molecule has 3 rings (SSSR count). The van der Waals surface area contributed by atoms with Gasteiger partial charge in [0, 0.05) is 0 Å². The predicted octanol–water partition coefficient (Wildman–Crippen LogP) is 2.11. The molecule has 2 bridgehead atoms. The Labute approximate surface area is 57.2 Å². The van der Waals surface area contributed by atoms with E-state index in [1.54, 1.807) is 0 Å². The van der Waals surface area contributed by atoms with Crippen LogP contribution in [0.2, 0.25) is 0 Å². The lowest BCUT2D eigenvalue weighted by Gasteiger charge is -2.66. The van der Waals surface area contributed by atoms with Crippen molar-refractivity contribution in [3.05, 3.63) is 5.92 Å². The number of rotatable bonds is 0. The van der Waals surface area contributed by atoms with Crippen LogP contribution < -0.4 is 0 Å². The monoisotopic (exact) mass is 175 g/mol. The van der Waals surface area contributed by atoms with Gasteiger partial charge in [0.25, 0.3) is 17.8 Å². The van der Waals surface area contributed by atoms with E-state index in [1.807, 2.05) is 0 Å². The second-order valence-corrected chi connectivity index (χ2v) is 2.68. The average Bonchev–Trinajstić information content (AvgIpc) is 1.54. The van der Waals surface area contributed by atoms with Crippen LogP contribution in [-0.2, 0) is 0 Å². The Kier molecular flexibility index (Phi) is 0.835. The molecule has 1 radical (unpaired) electrons. The van der Waals surface area contributed by atoms with Gasteiger partial charge in [0.15, 0.2) is 11.8 Å². The van der Waals surface area contributed by atoms with E-state index in [-0.39, 0.29) is 0 Å². The molecule has 0 aliphatic heterocycles. The van der Waals surface area contributed by atoms with E-state index in [2.05, 4.69) is 0 Å². The third kappa shape index (κ3) is 0.435. The quantitative estimate of drug-likeness (QED) is 0.494. The van der Waals surface area contributed by atoms with Crippen LogP contribution in [0.3, 0.4) is 0 Å². The van der Waals surface area contributed by atoms with Gasteiger partial charge in [0.05, 0.1) is 0 Å². The van der Waals surface area contributed by atoms with E-state index in [1.165, 1.54) is 0 Å². The molecule has 0 aromatic carbocycles. The van der Waals surface area contributed by atoms with Crippen LogP contribution in [0.4, 0.5) is 26.3 Å². The molecule has 11 heavy (non-hydrogen) atoms. The molecule has 0 aromatic heterocycles. The summed E-state index contributed by atoms with van der Waals surface area (Å²) >= 11 is 0. The predicted molar refractivity (Wildman–Crippen MR) is 21.6 cm³/mol. The van der Waals surface area contributed by atoms with Crippen molar-refractivity contribution in [1.82, 2.24) is 0 Å². The van der Waals surface area contributed by atoms with Crippen molar-refractivity contribution in [3.8, 4) is 0 Å². The van der Waals surface area contributed by atoms with Crippen LogP contribution in [0, 0.1) is 11.8 Å². The van der Waals surface area contributed by atoms with Crippen molar-refractivity contribution in [2.45, 2.75) is 17.8 Å². The van der Waals surface area contributed by atoms with Crippen LogP contribution in [0.5, 0.6) is 0 Å². The number of alkyl halides is 6. The van der Waals surface area contributed by atoms with E-state index in [0.29, 0.717) is 0 Å². The Morgan fingerprint density at radius 3 is 0.909 bits per heavy atom. The summed E-state index contributed by atoms with van der Waals surface area (Å²) < 4.78 is 71.9. The van der Waals surface area contributed by atoms with Crippen LogP contribution >= 0.6 is 0 Å². The summed E-state index contributed by atoms with van der Waals surface area (Å²) in [5.41, 5.74) is 0. The Balaban J connectivity index is 2.30. The highest BCUT2D eigenvalue weighted by atomic mass is 19.3. The van der Waals surface area contributed by atoms with Crippen LogP contribution in [0.15, 0.2) is 0 Å². The van der Waals surface area contributed by atoms with Crippen molar-refractivity contribution < 1.29 is 26.3 Å². The molecule has 0 amide bonds. The van der Waals surface area contributed by atoms with Gasteiger partial charge in [-0.2, -0.15) is 0 Å². The lowest BCUT2D eigenvalue weighted by Crippen LogP contribution is -2.87. The lowest BCUT2D eigenvalue weighted by molar-refractivity contribution is -0.429. The molecule has 0 atom stereocenters. The molecular formula is C5HF6. The van der Waals surface area contributed by atoms with Crippen molar-refractivity contribution in [1.29, 1.82) is 0 Å². The molecule has 0 spiro atoms. The number of hydrogen-bond acceptors (Lipinski definition) is 0. The van der Waals surface area contributed by atoms with Gasteiger partial charge in [-0.3, -0.25) is 0 Å². The third-order valence-electron chi connectivity index (χ3n) is 2.09. The zero-order valence-electron chi connectivity index (χ0n) is 4.85. The Morgan fingerprint density at radius 2 is 0.909 bits per heavy atom. The standard InChI is InChI=1S/C5HF6/c6-3(7)1-4(8,9)2(3)5(1,10)11/h1H. The van der Waals surface area contributed by atoms with E-state index in [4.69, 9.17) is 0 Å². The second-order valence-electron chi connectivity index (χ2n) is 2.68. The molecule has 6 heteroatoms. The topological polar surface area (TPSA) is 0 Å². The first-order valence-corrected chi connectivity index (χ1v) is 2.75. The van der Waals surface area contributed by atoms with Crippen LogP contribution in [0.25, 0.3) is 0 Å². The molecule has 0 aromatic rings. The Hall–Kier alpha value is -0.420. The molecule has 63 valence electrons. The number of halogens is 6. The largest absolute Gasteiger partial charge is 0.280 e. The van der Waals surface area contributed by atoms with Crippen molar-refractivity contribution >= 4 is 0 Å². The first-order valence-electron chi connectivity index (χ1n) is 2.75. The van der Waals surface area contributed by atoms with Crippen LogP contribution in [0.1, 0.15) is 0 Å². The molecule has 3 aliphatic rings. The summed E-state index contributed by atoms with van der Waals surface area (Å²) in [6, 6.07) is 0. The van der Waals surface area contributed by atoms with Gasteiger partial charge < -0.3 is 0 Å². The van der Waals surface area contributed by atoms with E-state index in [0.717, 1.165) is 0 Å². The summed E-state index contributed by atoms with van der Waals surface area (Å²) in [4.78, 5) is 0. The maximum absolute atomic E-state index is 12.0. The van der Waals surface area contributed by atoms with Gasteiger partial charge in [-0.1, -0.05) is 0 Å². The first kappa shape index (κ1) is 7.24. The van der Waals surface area contributed by atoms with Gasteiger partial charge in [-0.25, -0.2) is 26.3 Å². The molecule has 0 nitrogen and oxygen atoms in total. The lowest BCUT2D eigenvalue weighted by atomic mass is 9.46. The summed E-state index contributed by atoms with van der Waals surface area (Å²) in [5, 5.41) is 0. The first-order chi connectivity index (χ1) is 4.73. The fourth-order valence-electron chi connectivity index (χ4n) is 1.55. The third-order valence-corrected chi connectivity index (χ3v) is 2.09. The Bertz CT molecular complexity index is 163. The summed E-state index contributed by atoms with van der Waals surface area (Å²) in [5.74, 6) is -17.1. The van der Waals surface area contributed by atoms with E-state index >= 15 is 0 Å². The van der Waals surface area contributed by atoms with Crippen molar-refractivity contribution in [2.75, 3.05) is 0 Å². The number of hydrogen-bond donors (Lipinski definition) is 0. The maximum atomic E-state index is 12.0. The Morgan fingerprint density at radius 1 is 0.727 bits per heavy atom. The zero-order valence-corrected chi connectivity index (χ0v) is 4.85. The minimum Gasteiger partial charge on any atom is -0.205 e. The van der Waals surface area contributed by atoms with Crippen LogP contribution in [-0.4, -0.2) is 17.8 Å². The summed E-state index contributed by atoms with van der Waals surface area (Å²) in [7, 11) is 0. The van der Waals surface area contributed by atoms with Gasteiger partial charge in [0.2, 0.25) is 0 Å². The highest BCUT2D eigenvalue weighted by Gasteiger charge is 3.02. The molecule has 0 N–H and O–H groups in total. The molecule has 0 saturated heterocycles. The smallest absolute Gasteiger partial charge is 0.205 e. The van der Waals surface area contributed by atoms with Crippen molar-refractivity contribution in [3.63, 3.8) is 0 Å². The summed E-state index contributed by atoms with van der Waals surface area (Å²) in [6.45, 7) is 0. The molecule has 3 fully saturated rings. The second kappa shape index (κ2) is 1.27. The highest BCUT2D eigenvalue weighted by molar-refractivity contribution is 5.50. The molecule has 3 saturated carbocycles. The normalized spacial score (nSPS) is 37.6. The van der Waals surface area contributed by atoms with E-state index < -0.39 is 29.6 Å². The SMILES string of the molecule is FC1(F)[C]2C(F)(F)C1C2(F)F. The minimum atomic E-state index is -3.94. The molecule has 3 aliphatic carbocycles. The van der Waals surface area contributed by atoms with E-state index in [9.17, 15) is 26.3 Å².